The molecule has 2 aromatic carbocycles. The van der Waals surface area contributed by atoms with Crippen molar-refractivity contribution in [2.24, 2.45) is 0 Å². The van der Waals surface area contributed by atoms with Crippen LogP contribution in [0, 0.1) is 0 Å². The van der Waals surface area contributed by atoms with Crippen LogP contribution in [0.15, 0.2) is 48.5 Å². The summed E-state index contributed by atoms with van der Waals surface area (Å²) in [6.07, 6.45) is 0. The highest BCUT2D eigenvalue weighted by Crippen LogP contribution is 2.31. The average Bonchev–Trinajstić information content (AvgIpc) is 2.72. The van der Waals surface area contributed by atoms with Gasteiger partial charge in [0, 0.05) is 5.69 Å². The first-order valence-electron chi connectivity index (χ1n) is 6.42. The molecular weight excluding hydrogens is 252 g/mol. The van der Waals surface area contributed by atoms with Gasteiger partial charge in [0.1, 0.15) is 0 Å². The predicted molar refractivity (Wildman–Crippen MR) is 76.2 cm³/mol. The molecule has 2 aromatic rings. The molecule has 0 bridgehead atoms. The molecule has 1 atom stereocenters. The van der Waals surface area contributed by atoms with E-state index in [1.54, 1.807) is 36.4 Å². The number of carbonyl (C=O) groups is 2. The molecule has 4 nitrogen and oxygen atoms in total. The molecule has 0 spiro atoms. The van der Waals surface area contributed by atoms with Crippen molar-refractivity contribution in [2.75, 3.05) is 5.73 Å². The predicted octanol–water partition coefficient (Wildman–Crippen LogP) is 2.63. The molecule has 2 amide bonds. The van der Waals surface area contributed by atoms with E-state index in [4.69, 9.17) is 5.73 Å². The van der Waals surface area contributed by atoms with Crippen molar-refractivity contribution < 1.29 is 9.59 Å². The van der Waals surface area contributed by atoms with Gasteiger partial charge in [-0.15, -0.1) is 0 Å². The zero-order valence-electron chi connectivity index (χ0n) is 11.0. The minimum Gasteiger partial charge on any atom is -0.399 e. The molecule has 0 unspecified atom stereocenters. The molecule has 1 aliphatic rings. The summed E-state index contributed by atoms with van der Waals surface area (Å²) in [6, 6.07) is 13.8. The van der Waals surface area contributed by atoms with Crippen molar-refractivity contribution >= 4 is 17.5 Å². The van der Waals surface area contributed by atoms with Gasteiger partial charge in [0.15, 0.2) is 0 Å². The third-order valence-electron chi connectivity index (χ3n) is 3.63. The fourth-order valence-corrected chi connectivity index (χ4v) is 2.48. The molecule has 1 aliphatic heterocycles. The van der Waals surface area contributed by atoms with Crippen molar-refractivity contribution in [2.45, 2.75) is 13.0 Å². The summed E-state index contributed by atoms with van der Waals surface area (Å²) in [5.74, 6) is -0.482. The summed E-state index contributed by atoms with van der Waals surface area (Å²) in [7, 11) is 0. The lowest BCUT2D eigenvalue weighted by molar-refractivity contribution is 0.0595. The van der Waals surface area contributed by atoms with Crippen molar-refractivity contribution in [3.05, 3.63) is 65.2 Å². The first-order chi connectivity index (χ1) is 9.59. The molecule has 3 rings (SSSR count). The number of nitrogens with zero attached hydrogens (tertiary/aromatic N) is 1. The number of hydrogen-bond donors (Lipinski definition) is 1. The largest absolute Gasteiger partial charge is 0.399 e. The number of nitrogen functional groups attached to an aromatic ring is 1. The summed E-state index contributed by atoms with van der Waals surface area (Å²) in [5, 5.41) is 0. The minimum atomic E-state index is -0.317. The molecule has 2 N–H and O–H groups in total. The van der Waals surface area contributed by atoms with Crippen LogP contribution in [0.25, 0.3) is 0 Å². The lowest BCUT2D eigenvalue weighted by atomic mass is 10.1. The lowest BCUT2D eigenvalue weighted by Gasteiger charge is -2.22. The maximum absolute atomic E-state index is 12.4. The van der Waals surface area contributed by atoms with Gasteiger partial charge in [-0.25, -0.2) is 0 Å². The molecule has 20 heavy (non-hydrogen) atoms. The highest BCUT2D eigenvalue weighted by molar-refractivity contribution is 6.21. The standard InChI is InChI=1S/C16H14N2O2/c1-10(11-6-8-12(17)9-7-11)18-15(19)13-4-2-3-5-14(13)16(18)20/h2-10H,17H2,1H3/t10-/m0/s1. The molecule has 0 saturated carbocycles. The van der Waals surface area contributed by atoms with E-state index >= 15 is 0 Å². The lowest BCUT2D eigenvalue weighted by Crippen LogP contribution is -2.32. The maximum atomic E-state index is 12.4. The Morgan fingerprint density at radius 1 is 0.900 bits per heavy atom. The van der Waals surface area contributed by atoms with E-state index in [2.05, 4.69) is 0 Å². The van der Waals surface area contributed by atoms with Crippen LogP contribution >= 0.6 is 0 Å². The van der Waals surface area contributed by atoms with E-state index in [1.807, 2.05) is 19.1 Å². The van der Waals surface area contributed by atoms with Gasteiger partial charge in [0.05, 0.1) is 17.2 Å². The van der Waals surface area contributed by atoms with Crippen LogP contribution in [0.4, 0.5) is 5.69 Å². The van der Waals surface area contributed by atoms with Crippen LogP contribution in [0.3, 0.4) is 0 Å². The van der Waals surface area contributed by atoms with E-state index in [0.29, 0.717) is 16.8 Å². The van der Waals surface area contributed by atoms with Crippen LogP contribution in [0.1, 0.15) is 39.2 Å². The quantitative estimate of drug-likeness (QED) is 0.671. The fourth-order valence-electron chi connectivity index (χ4n) is 2.48. The minimum absolute atomic E-state index is 0.241. The number of nitrogens with two attached hydrogens (primary N) is 1. The van der Waals surface area contributed by atoms with E-state index in [-0.39, 0.29) is 17.9 Å². The Morgan fingerprint density at radius 3 is 1.90 bits per heavy atom. The van der Waals surface area contributed by atoms with E-state index in [9.17, 15) is 9.59 Å². The van der Waals surface area contributed by atoms with Crippen LogP contribution in [0.5, 0.6) is 0 Å². The summed E-state index contributed by atoms with van der Waals surface area (Å²) in [4.78, 5) is 26.0. The molecule has 0 fully saturated rings. The van der Waals surface area contributed by atoms with Gasteiger partial charge < -0.3 is 5.73 Å². The maximum Gasteiger partial charge on any atom is 0.262 e. The zero-order valence-corrected chi connectivity index (χ0v) is 11.0. The fraction of sp³-hybridized carbons (Fsp3) is 0.125. The number of amides is 2. The van der Waals surface area contributed by atoms with Gasteiger partial charge in [-0.3, -0.25) is 14.5 Å². The summed E-state index contributed by atoms with van der Waals surface area (Å²) >= 11 is 0. The van der Waals surface area contributed by atoms with E-state index in [0.717, 1.165) is 5.56 Å². The summed E-state index contributed by atoms with van der Waals surface area (Å²) in [5.41, 5.74) is 8.14. The van der Waals surface area contributed by atoms with Gasteiger partial charge in [0.25, 0.3) is 11.8 Å². The monoisotopic (exact) mass is 266 g/mol. The van der Waals surface area contributed by atoms with Gasteiger partial charge in [0.2, 0.25) is 0 Å². The second-order valence-electron chi connectivity index (χ2n) is 4.87. The first kappa shape index (κ1) is 12.4. The van der Waals surface area contributed by atoms with Gasteiger partial charge in [-0.2, -0.15) is 0 Å². The average molecular weight is 266 g/mol. The van der Waals surface area contributed by atoms with Gasteiger partial charge in [-0.1, -0.05) is 24.3 Å². The number of imide groups is 1. The van der Waals surface area contributed by atoms with Crippen molar-refractivity contribution in [3.63, 3.8) is 0 Å². The zero-order chi connectivity index (χ0) is 14.3. The highest BCUT2D eigenvalue weighted by Gasteiger charge is 2.38. The van der Waals surface area contributed by atoms with Crippen molar-refractivity contribution in [1.82, 2.24) is 4.90 Å². The number of rotatable bonds is 2. The topological polar surface area (TPSA) is 63.4 Å². The van der Waals surface area contributed by atoms with E-state index < -0.39 is 0 Å². The second-order valence-corrected chi connectivity index (χ2v) is 4.87. The molecular formula is C16H14N2O2. The molecule has 0 saturated heterocycles. The second kappa shape index (κ2) is 4.49. The Labute approximate surface area is 116 Å². The van der Waals surface area contributed by atoms with Crippen LogP contribution in [-0.2, 0) is 0 Å². The van der Waals surface area contributed by atoms with Crippen LogP contribution < -0.4 is 5.73 Å². The molecule has 100 valence electrons. The smallest absolute Gasteiger partial charge is 0.262 e. The molecule has 4 heteroatoms. The summed E-state index contributed by atoms with van der Waals surface area (Å²) in [6.45, 7) is 1.84. The van der Waals surface area contributed by atoms with Crippen molar-refractivity contribution in [1.29, 1.82) is 0 Å². The Kier molecular flexibility index (Phi) is 2.79. The Bertz CT molecular complexity index is 657. The number of anilines is 1. The molecule has 0 radical (unpaired) electrons. The van der Waals surface area contributed by atoms with Crippen LogP contribution in [0.2, 0.25) is 0 Å². The molecule has 0 aromatic heterocycles. The Morgan fingerprint density at radius 2 is 1.40 bits per heavy atom. The first-order valence-corrected chi connectivity index (χ1v) is 6.42. The normalized spacial score (nSPS) is 15.3. The Hall–Kier alpha value is -2.62. The molecule has 1 heterocycles. The Balaban J connectivity index is 1.98. The number of hydrogen-bond acceptors (Lipinski definition) is 3. The highest BCUT2D eigenvalue weighted by atomic mass is 16.2. The third kappa shape index (κ3) is 1.77. The van der Waals surface area contributed by atoms with E-state index in [1.165, 1.54) is 4.90 Å². The van der Waals surface area contributed by atoms with Gasteiger partial charge >= 0.3 is 0 Å². The number of fused-ring (bicyclic) bond motifs is 1. The third-order valence-corrected chi connectivity index (χ3v) is 3.63. The SMILES string of the molecule is C[C@@H](c1ccc(N)cc1)N1C(=O)c2ccccc2C1=O. The molecule has 0 aliphatic carbocycles. The summed E-state index contributed by atoms with van der Waals surface area (Å²) < 4.78 is 0. The number of benzene rings is 2. The van der Waals surface area contributed by atoms with Crippen molar-refractivity contribution in [3.8, 4) is 0 Å². The number of carbonyl (C=O) groups excluding carboxylic acids is 2. The van der Waals surface area contributed by atoms with Gasteiger partial charge in [-0.05, 0) is 36.8 Å². The van der Waals surface area contributed by atoms with Crippen LogP contribution in [-0.4, -0.2) is 16.7 Å².